The van der Waals surface area contributed by atoms with Gasteiger partial charge in [0.2, 0.25) is 0 Å². The van der Waals surface area contributed by atoms with Crippen molar-refractivity contribution in [2.45, 2.75) is 26.7 Å². The van der Waals surface area contributed by atoms with E-state index in [4.69, 9.17) is 15.2 Å². The van der Waals surface area contributed by atoms with Gasteiger partial charge in [-0.05, 0) is 18.8 Å². The summed E-state index contributed by atoms with van der Waals surface area (Å²) in [5, 5.41) is 0. The van der Waals surface area contributed by atoms with E-state index in [1.54, 1.807) is 19.4 Å². The van der Waals surface area contributed by atoms with Crippen LogP contribution in [0, 0.1) is 5.92 Å². The second-order valence-corrected chi connectivity index (χ2v) is 4.16. The Labute approximate surface area is 96.8 Å². The Hall–Kier alpha value is -1.45. The summed E-state index contributed by atoms with van der Waals surface area (Å²) in [6, 6.07) is 1.71. The molecule has 0 bridgehead atoms. The molecule has 1 rings (SSSR count). The summed E-state index contributed by atoms with van der Waals surface area (Å²) in [6.07, 6.45) is 3.74. The summed E-state index contributed by atoms with van der Waals surface area (Å²) in [6.45, 7) is 5.05. The van der Waals surface area contributed by atoms with E-state index in [0.717, 1.165) is 12.8 Å². The maximum atomic E-state index is 5.60. The molecule has 0 amide bonds. The molecule has 0 aliphatic rings. The van der Waals surface area contributed by atoms with Crippen molar-refractivity contribution in [3.05, 3.63) is 12.3 Å². The van der Waals surface area contributed by atoms with Crippen LogP contribution in [0.3, 0.4) is 0 Å². The Morgan fingerprint density at radius 2 is 2.19 bits per heavy atom. The fourth-order valence-corrected chi connectivity index (χ4v) is 1.36. The highest BCUT2D eigenvalue weighted by Gasteiger charge is 2.06. The topological polar surface area (TPSA) is 57.4 Å². The molecule has 0 aromatic carbocycles. The molecule has 4 nitrogen and oxygen atoms in total. The number of nitrogens with two attached hydrogens (primary N) is 1. The second-order valence-electron chi connectivity index (χ2n) is 4.16. The van der Waals surface area contributed by atoms with Gasteiger partial charge in [0.15, 0.2) is 5.75 Å². The van der Waals surface area contributed by atoms with Crippen LogP contribution in [0.4, 0.5) is 5.69 Å². The van der Waals surface area contributed by atoms with E-state index in [1.807, 2.05) is 0 Å². The van der Waals surface area contributed by atoms with Crippen LogP contribution >= 0.6 is 0 Å². The van der Waals surface area contributed by atoms with Crippen molar-refractivity contribution in [2.24, 2.45) is 5.92 Å². The Kier molecular flexibility index (Phi) is 4.89. The van der Waals surface area contributed by atoms with E-state index in [0.29, 0.717) is 29.8 Å². The molecule has 0 fully saturated rings. The lowest BCUT2D eigenvalue weighted by molar-refractivity contribution is 0.269. The van der Waals surface area contributed by atoms with Crippen molar-refractivity contribution < 1.29 is 9.47 Å². The van der Waals surface area contributed by atoms with Crippen LogP contribution in [0.5, 0.6) is 11.6 Å². The fourth-order valence-electron chi connectivity index (χ4n) is 1.36. The van der Waals surface area contributed by atoms with Gasteiger partial charge in [-0.25, -0.2) is 4.98 Å². The van der Waals surface area contributed by atoms with Crippen LogP contribution in [0.25, 0.3) is 0 Å². The number of methoxy groups -OCH3 is 1. The molecule has 0 radical (unpaired) electrons. The number of aromatic nitrogens is 1. The van der Waals surface area contributed by atoms with Gasteiger partial charge in [-0.3, -0.25) is 0 Å². The third-order valence-electron chi connectivity index (χ3n) is 2.22. The number of nitrogen functional groups attached to an aromatic ring is 1. The highest BCUT2D eigenvalue weighted by Crippen LogP contribution is 2.26. The van der Waals surface area contributed by atoms with E-state index in [-0.39, 0.29) is 0 Å². The zero-order valence-electron chi connectivity index (χ0n) is 10.2. The molecule has 0 atom stereocenters. The van der Waals surface area contributed by atoms with Gasteiger partial charge in [-0.2, -0.15) is 0 Å². The maximum Gasteiger partial charge on any atom is 0.257 e. The predicted octanol–water partition coefficient (Wildman–Crippen LogP) is 2.49. The molecule has 1 aromatic heterocycles. The van der Waals surface area contributed by atoms with E-state index in [2.05, 4.69) is 18.8 Å². The third kappa shape index (κ3) is 3.96. The van der Waals surface area contributed by atoms with Crippen molar-refractivity contribution in [3.63, 3.8) is 0 Å². The van der Waals surface area contributed by atoms with Gasteiger partial charge in [0.1, 0.15) is 0 Å². The summed E-state index contributed by atoms with van der Waals surface area (Å²) < 4.78 is 10.7. The van der Waals surface area contributed by atoms with Crippen molar-refractivity contribution in [1.29, 1.82) is 0 Å². The normalized spacial score (nSPS) is 10.5. The molecule has 90 valence electrons. The summed E-state index contributed by atoms with van der Waals surface area (Å²) in [7, 11) is 1.58. The smallest absolute Gasteiger partial charge is 0.257 e. The van der Waals surface area contributed by atoms with Crippen molar-refractivity contribution in [1.82, 2.24) is 4.98 Å². The quantitative estimate of drug-likeness (QED) is 0.754. The number of anilines is 1. The van der Waals surface area contributed by atoms with Crippen LogP contribution in [-0.4, -0.2) is 18.7 Å². The summed E-state index contributed by atoms with van der Waals surface area (Å²) in [5.41, 5.74) is 6.17. The van der Waals surface area contributed by atoms with Crippen LogP contribution in [-0.2, 0) is 0 Å². The van der Waals surface area contributed by atoms with E-state index >= 15 is 0 Å². The Morgan fingerprint density at radius 3 is 2.81 bits per heavy atom. The molecule has 0 saturated carbocycles. The van der Waals surface area contributed by atoms with Crippen LogP contribution in [0.2, 0.25) is 0 Å². The molecule has 0 aliphatic carbocycles. The first kappa shape index (κ1) is 12.6. The minimum Gasteiger partial charge on any atom is -0.491 e. The van der Waals surface area contributed by atoms with Gasteiger partial charge in [0, 0.05) is 6.07 Å². The lowest BCUT2D eigenvalue weighted by atomic mass is 10.1. The maximum absolute atomic E-state index is 5.60. The molecule has 0 unspecified atom stereocenters. The highest BCUT2D eigenvalue weighted by atomic mass is 16.5. The first-order valence-corrected chi connectivity index (χ1v) is 5.55. The zero-order valence-corrected chi connectivity index (χ0v) is 10.2. The monoisotopic (exact) mass is 224 g/mol. The summed E-state index contributed by atoms with van der Waals surface area (Å²) in [4.78, 5) is 4.09. The predicted molar refractivity (Wildman–Crippen MR) is 64.8 cm³/mol. The fraction of sp³-hybridized carbons (Fsp3) is 0.583. The number of hydrogen-bond acceptors (Lipinski definition) is 4. The van der Waals surface area contributed by atoms with Gasteiger partial charge in [0.05, 0.1) is 25.6 Å². The molecule has 1 aromatic rings. The van der Waals surface area contributed by atoms with Gasteiger partial charge in [-0.15, -0.1) is 0 Å². The molecular weight excluding hydrogens is 204 g/mol. The van der Waals surface area contributed by atoms with E-state index < -0.39 is 0 Å². The molecule has 0 aliphatic heterocycles. The van der Waals surface area contributed by atoms with Crippen molar-refractivity contribution in [2.75, 3.05) is 19.5 Å². The summed E-state index contributed by atoms with van der Waals surface area (Å²) >= 11 is 0. The average Bonchev–Trinajstić information content (AvgIpc) is 2.25. The zero-order chi connectivity index (χ0) is 12.0. The Bertz CT molecular complexity index is 327. The van der Waals surface area contributed by atoms with E-state index in [1.165, 1.54) is 0 Å². The first-order chi connectivity index (χ1) is 7.63. The lowest BCUT2D eigenvalue weighted by Crippen LogP contribution is -2.03. The van der Waals surface area contributed by atoms with Crippen LogP contribution in [0.1, 0.15) is 26.7 Å². The van der Waals surface area contributed by atoms with Gasteiger partial charge < -0.3 is 15.2 Å². The van der Waals surface area contributed by atoms with Crippen molar-refractivity contribution in [3.8, 4) is 11.6 Å². The second kappa shape index (κ2) is 6.20. The van der Waals surface area contributed by atoms with Gasteiger partial charge in [-0.1, -0.05) is 13.8 Å². The number of nitrogens with zero attached hydrogens (tertiary/aromatic N) is 1. The molecule has 4 heteroatoms. The molecule has 0 saturated heterocycles. The van der Waals surface area contributed by atoms with Gasteiger partial charge in [0.25, 0.3) is 5.88 Å². The lowest BCUT2D eigenvalue weighted by Gasteiger charge is -2.10. The minimum absolute atomic E-state index is 0.514. The highest BCUT2D eigenvalue weighted by molar-refractivity contribution is 5.46. The van der Waals surface area contributed by atoms with Gasteiger partial charge >= 0.3 is 0 Å². The Morgan fingerprint density at radius 1 is 1.44 bits per heavy atom. The van der Waals surface area contributed by atoms with E-state index in [9.17, 15) is 0 Å². The largest absolute Gasteiger partial charge is 0.491 e. The number of hydrogen-bond donors (Lipinski definition) is 1. The number of rotatable bonds is 6. The first-order valence-electron chi connectivity index (χ1n) is 5.55. The number of ether oxygens (including phenoxy) is 2. The third-order valence-corrected chi connectivity index (χ3v) is 2.22. The SMILES string of the molecule is COc1cc(N)cnc1OCCCC(C)C. The van der Waals surface area contributed by atoms with Crippen LogP contribution < -0.4 is 15.2 Å². The molecule has 2 N–H and O–H groups in total. The molecule has 0 spiro atoms. The molecule has 16 heavy (non-hydrogen) atoms. The van der Waals surface area contributed by atoms with Crippen LogP contribution in [0.15, 0.2) is 12.3 Å². The Balaban J connectivity index is 2.47. The average molecular weight is 224 g/mol. The minimum atomic E-state index is 0.514. The molecule has 1 heterocycles. The standard InChI is InChI=1S/C12H20N2O2/c1-9(2)5-4-6-16-12-11(15-3)7-10(13)8-14-12/h7-9H,4-6,13H2,1-3H3. The van der Waals surface area contributed by atoms with Crippen molar-refractivity contribution >= 4 is 5.69 Å². The number of pyridine rings is 1. The summed E-state index contributed by atoms with van der Waals surface area (Å²) in [5.74, 6) is 1.80. The molecular formula is C12H20N2O2.